The molecule has 0 amide bonds. The van der Waals surface area contributed by atoms with Crippen molar-refractivity contribution < 1.29 is 92.2 Å². The van der Waals surface area contributed by atoms with Gasteiger partial charge in [0.15, 0.2) is 0 Å². The molecule has 202 valence electrons. The number of hydrogen-bond donors (Lipinski definition) is 0. The second-order valence-electron chi connectivity index (χ2n) is 5.83. The summed E-state index contributed by atoms with van der Waals surface area (Å²) in [7, 11) is 0. The zero-order valence-corrected chi connectivity index (χ0v) is 14.3. The van der Waals surface area contributed by atoms with Crippen molar-refractivity contribution >= 4 is 0 Å². The van der Waals surface area contributed by atoms with Crippen molar-refractivity contribution in [3.05, 3.63) is 10.4 Å². The summed E-state index contributed by atoms with van der Waals surface area (Å²) in [4.78, 5) is 0.538. The van der Waals surface area contributed by atoms with Gasteiger partial charge in [-0.15, -0.1) is 0 Å². The highest BCUT2D eigenvalue weighted by Crippen LogP contribution is 2.66. The van der Waals surface area contributed by atoms with Crippen LogP contribution in [0.15, 0.2) is 5.11 Å². The Hall–Kier alpha value is -2.16. The molecule has 0 saturated carbocycles. The first-order valence-electron chi connectivity index (χ1n) is 6.84. The quantitative estimate of drug-likeness (QED) is 0.0968. The average molecular weight is 561 g/mol. The van der Waals surface area contributed by atoms with E-state index in [4.69, 9.17) is 5.53 Å². The summed E-state index contributed by atoms with van der Waals surface area (Å²) in [6, 6.07) is 0. The van der Waals surface area contributed by atoms with E-state index in [0.29, 0.717) is 10.0 Å². The molecule has 0 aliphatic heterocycles. The van der Waals surface area contributed by atoms with Crippen molar-refractivity contribution in [2.45, 2.75) is 59.6 Å². The largest absolute Gasteiger partial charge is 0.460 e. The first kappa shape index (κ1) is 31.8. The molecule has 0 heterocycles. The molecule has 0 fully saturated rings. The van der Waals surface area contributed by atoms with Crippen molar-refractivity contribution in [3.63, 3.8) is 0 Å². The highest BCUT2D eigenvalue weighted by Gasteiger charge is 2.97. The SMILES string of the molecule is [N-]=[N+]=NC(F)(C(F)(F)F)C(F)(F)C(F)(F)C(F)(F)C(F)(F)C(F)(F)C(F)(F)C(F)(F)C(F)(F)F. The highest BCUT2D eigenvalue weighted by molar-refractivity contribution is 5.18. The van der Waals surface area contributed by atoms with Gasteiger partial charge in [0, 0.05) is 4.91 Å². The summed E-state index contributed by atoms with van der Waals surface area (Å²) >= 11 is 0. The van der Waals surface area contributed by atoms with E-state index in [-0.39, 0.29) is 0 Å². The smallest absolute Gasteiger partial charge is 0.220 e. The zero-order valence-electron chi connectivity index (χ0n) is 14.3. The fraction of sp³-hybridized carbons (Fsp3) is 1.00. The van der Waals surface area contributed by atoms with E-state index >= 15 is 0 Å². The number of azide groups is 1. The molecule has 0 saturated heterocycles. The van der Waals surface area contributed by atoms with E-state index in [9.17, 15) is 92.2 Å². The van der Waals surface area contributed by atoms with Crippen LogP contribution in [0.4, 0.5) is 92.2 Å². The molecule has 0 aliphatic rings. The molecule has 0 rings (SSSR count). The predicted octanol–water partition coefficient (Wildman–Crippen LogP) is 7.53. The van der Waals surface area contributed by atoms with Crippen LogP contribution in [0.1, 0.15) is 0 Å². The minimum atomic E-state index is -9.21. The first-order valence-corrected chi connectivity index (χ1v) is 6.84. The Morgan fingerprint density at radius 3 is 0.794 bits per heavy atom. The summed E-state index contributed by atoms with van der Waals surface area (Å²) in [5.74, 6) is -70.3. The summed E-state index contributed by atoms with van der Waals surface area (Å²) in [6.07, 6.45) is -15.8. The van der Waals surface area contributed by atoms with Gasteiger partial charge < -0.3 is 0 Å². The molecule has 34 heavy (non-hydrogen) atoms. The number of nitrogens with zero attached hydrogens (tertiary/aromatic N) is 3. The van der Waals surface area contributed by atoms with Crippen LogP contribution in [0.3, 0.4) is 0 Å². The lowest BCUT2D eigenvalue weighted by atomic mass is 9.86. The maximum Gasteiger partial charge on any atom is 0.460 e. The molecule has 0 aromatic heterocycles. The lowest BCUT2D eigenvalue weighted by molar-refractivity contribution is -0.470. The van der Waals surface area contributed by atoms with Gasteiger partial charge >= 0.3 is 59.6 Å². The molecular weight excluding hydrogens is 561 g/mol. The zero-order chi connectivity index (χ0) is 28.4. The van der Waals surface area contributed by atoms with Crippen LogP contribution >= 0.6 is 0 Å². The van der Waals surface area contributed by atoms with E-state index in [2.05, 4.69) is 0 Å². The molecule has 1 unspecified atom stereocenters. The third kappa shape index (κ3) is 3.62. The monoisotopic (exact) mass is 561 g/mol. The van der Waals surface area contributed by atoms with E-state index < -0.39 is 59.6 Å². The highest BCUT2D eigenvalue weighted by atomic mass is 19.4. The minimum Gasteiger partial charge on any atom is -0.220 e. The first-order chi connectivity index (χ1) is 14.3. The molecule has 0 bridgehead atoms. The molecule has 0 aliphatic carbocycles. The Bertz CT molecular complexity index is 814. The van der Waals surface area contributed by atoms with E-state index in [1.54, 1.807) is 0 Å². The summed E-state index contributed by atoms with van der Waals surface area (Å²) in [6.45, 7) is 0. The molecule has 0 aromatic carbocycles. The summed E-state index contributed by atoms with van der Waals surface area (Å²) in [5.41, 5.74) is 7.55. The molecule has 3 nitrogen and oxygen atoms in total. The van der Waals surface area contributed by atoms with Crippen LogP contribution < -0.4 is 0 Å². The normalized spacial score (nSPS) is 17.8. The second-order valence-corrected chi connectivity index (χ2v) is 5.83. The lowest BCUT2D eigenvalue weighted by Crippen LogP contribution is -2.76. The molecule has 0 radical (unpaired) electrons. The van der Waals surface area contributed by atoms with Gasteiger partial charge in [-0.05, 0) is 10.6 Å². The van der Waals surface area contributed by atoms with Gasteiger partial charge in [-0.25, -0.2) is 4.39 Å². The molecule has 24 heteroatoms. The van der Waals surface area contributed by atoms with Crippen molar-refractivity contribution in [2.24, 2.45) is 5.11 Å². The number of alkyl halides is 21. The van der Waals surface area contributed by atoms with Gasteiger partial charge in [0.2, 0.25) is 0 Å². The second kappa shape index (κ2) is 7.67. The van der Waals surface area contributed by atoms with Crippen LogP contribution in [-0.2, 0) is 0 Å². The molecule has 0 spiro atoms. The van der Waals surface area contributed by atoms with Gasteiger partial charge in [-0.2, -0.15) is 87.8 Å². The Balaban J connectivity index is 7.22. The van der Waals surface area contributed by atoms with Crippen LogP contribution in [0.2, 0.25) is 0 Å². The van der Waals surface area contributed by atoms with Crippen LogP contribution in [0, 0.1) is 0 Å². The predicted molar refractivity (Wildman–Crippen MR) is 59.7 cm³/mol. The average Bonchev–Trinajstić information content (AvgIpc) is 2.58. The minimum absolute atomic E-state index is 0.320. The summed E-state index contributed by atoms with van der Waals surface area (Å²) < 4.78 is 270. The number of rotatable bonds is 8. The Morgan fingerprint density at radius 1 is 0.353 bits per heavy atom. The third-order valence-corrected chi connectivity index (χ3v) is 3.70. The Kier molecular flexibility index (Phi) is 7.18. The Labute approximate surface area is 169 Å². The van der Waals surface area contributed by atoms with Crippen molar-refractivity contribution in [2.75, 3.05) is 0 Å². The fourth-order valence-electron chi connectivity index (χ4n) is 1.73. The standard InChI is InChI=1S/C10F21N3/c11-1(12,3(15,16)5(19,20)7(23,24)9(26,27)28)2(13,14)4(17,18)6(21,22)8(25,33-34-32)10(29,30)31. The van der Waals surface area contributed by atoms with Crippen molar-refractivity contribution in [3.8, 4) is 0 Å². The van der Waals surface area contributed by atoms with Gasteiger partial charge in [0.25, 0.3) is 0 Å². The third-order valence-electron chi connectivity index (χ3n) is 3.70. The van der Waals surface area contributed by atoms with E-state index in [1.165, 1.54) is 0 Å². The van der Waals surface area contributed by atoms with Gasteiger partial charge in [-0.3, -0.25) is 0 Å². The molecule has 0 aromatic rings. The van der Waals surface area contributed by atoms with E-state index in [0.717, 1.165) is 0 Å². The van der Waals surface area contributed by atoms with Gasteiger partial charge in [0.1, 0.15) is 0 Å². The van der Waals surface area contributed by atoms with Crippen molar-refractivity contribution in [1.82, 2.24) is 0 Å². The number of halogens is 21. The number of hydrogen-bond acceptors (Lipinski definition) is 1. The van der Waals surface area contributed by atoms with Gasteiger partial charge in [0.05, 0.1) is 0 Å². The fourth-order valence-corrected chi connectivity index (χ4v) is 1.73. The Morgan fingerprint density at radius 2 is 0.588 bits per heavy atom. The topological polar surface area (TPSA) is 48.8 Å². The van der Waals surface area contributed by atoms with E-state index in [1.807, 2.05) is 0 Å². The van der Waals surface area contributed by atoms with Crippen LogP contribution in [0.25, 0.3) is 10.4 Å². The van der Waals surface area contributed by atoms with Gasteiger partial charge in [-0.1, -0.05) is 0 Å². The lowest BCUT2D eigenvalue weighted by Gasteiger charge is -2.44. The maximum atomic E-state index is 13.4. The van der Waals surface area contributed by atoms with Crippen LogP contribution in [-0.4, -0.2) is 59.6 Å². The molecular formula is C10F21N3. The van der Waals surface area contributed by atoms with Crippen LogP contribution in [0.5, 0.6) is 0 Å². The van der Waals surface area contributed by atoms with Crippen molar-refractivity contribution in [1.29, 1.82) is 0 Å². The molecule has 1 atom stereocenters. The maximum absolute atomic E-state index is 13.4. The molecule has 0 N–H and O–H groups in total. The summed E-state index contributed by atoms with van der Waals surface area (Å²) in [5, 5.41) is 0.320.